The molecule has 0 aliphatic heterocycles. The molecule has 0 aromatic rings. The van der Waals surface area contributed by atoms with E-state index in [0.717, 1.165) is 54.8 Å². The largest absolute Gasteiger partial charge is 0.460 e. The molecule has 4 aliphatic rings. The van der Waals surface area contributed by atoms with Crippen LogP contribution in [0, 0.1) is 52.3 Å². The fourth-order valence-electron chi connectivity index (χ4n) is 9.57. The number of alkyl halides is 1. The van der Waals surface area contributed by atoms with E-state index in [0.29, 0.717) is 16.7 Å². The van der Waals surface area contributed by atoms with E-state index in [1.165, 1.54) is 57.8 Å². The predicted octanol–water partition coefficient (Wildman–Crippen LogP) is 7.99. The van der Waals surface area contributed by atoms with Gasteiger partial charge in [-0.2, -0.15) is 0 Å². The molecule has 4 rings (SSSR count). The SMILES string of the molecule is CC(C)CCC[C@@H](C)[C@H]1CC[C@H]2[C@@H]3CC[C@H]4C[C@@H](OC(=O)CF)CC[C@]4(C)[C@H]3CC[C@]12C. The summed E-state index contributed by atoms with van der Waals surface area (Å²) in [6.07, 6.45) is 15.6. The van der Waals surface area contributed by atoms with Crippen LogP contribution in [0.2, 0.25) is 0 Å². The third-order valence-corrected chi connectivity index (χ3v) is 11.2. The highest BCUT2D eigenvalue weighted by molar-refractivity contribution is 5.70. The number of halogens is 1. The first kappa shape index (κ1) is 24.5. The van der Waals surface area contributed by atoms with Gasteiger partial charge in [0.05, 0.1) is 0 Å². The van der Waals surface area contributed by atoms with E-state index in [-0.39, 0.29) is 6.10 Å². The first-order valence-electron chi connectivity index (χ1n) is 13.9. The van der Waals surface area contributed by atoms with Crippen molar-refractivity contribution in [1.82, 2.24) is 0 Å². The molecule has 2 nitrogen and oxygen atoms in total. The summed E-state index contributed by atoms with van der Waals surface area (Å²) >= 11 is 0. The number of carbonyl (C=O) groups excluding carboxylic acids is 1. The van der Waals surface area contributed by atoms with Gasteiger partial charge >= 0.3 is 5.97 Å². The van der Waals surface area contributed by atoms with E-state index in [9.17, 15) is 9.18 Å². The van der Waals surface area contributed by atoms with Crippen LogP contribution in [-0.4, -0.2) is 18.7 Å². The van der Waals surface area contributed by atoms with Crippen LogP contribution in [-0.2, 0) is 9.53 Å². The molecule has 32 heavy (non-hydrogen) atoms. The Morgan fingerprint density at radius 3 is 2.38 bits per heavy atom. The molecule has 0 aromatic heterocycles. The van der Waals surface area contributed by atoms with Gasteiger partial charge in [-0.05, 0) is 110 Å². The van der Waals surface area contributed by atoms with E-state index in [4.69, 9.17) is 4.74 Å². The van der Waals surface area contributed by atoms with Crippen molar-refractivity contribution < 1.29 is 13.9 Å². The summed E-state index contributed by atoms with van der Waals surface area (Å²) in [6.45, 7) is 11.5. The molecular weight excluding hydrogens is 399 g/mol. The van der Waals surface area contributed by atoms with Crippen LogP contribution in [0.3, 0.4) is 0 Å². The number of hydrogen-bond donors (Lipinski definition) is 0. The summed E-state index contributed by atoms with van der Waals surface area (Å²) in [5, 5.41) is 0. The Balaban J connectivity index is 1.42. The normalized spacial score (nSPS) is 44.5. The Kier molecular flexibility index (Phi) is 7.33. The van der Waals surface area contributed by atoms with Crippen LogP contribution in [0.1, 0.15) is 112 Å². The molecule has 0 saturated heterocycles. The zero-order valence-corrected chi connectivity index (χ0v) is 21.5. The Morgan fingerprint density at radius 2 is 1.66 bits per heavy atom. The molecule has 0 heterocycles. The van der Waals surface area contributed by atoms with Gasteiger partial charge in [-0.1, -0.05) is 53.9 Å². The van der Waals surface area contributed by atoms with E-state index < -0.39 is 12.6 Å². The van der Waals surface area contributed by atoms with Crippen molar-refractivity contribution in [3.8, 4) is 0 Å². The number of fused-ring (bicyclic) bond motifs is 5. The average molecular weight is 449 g/mol. The average Bonchev–Trinajstić information content (AvgIpc) is 3.11. The summed E-state index contributed by atoms with van der Waals surface area (Å²) in [4.78, 5) is 11.5. The van der Waals surface area contributed by atoms with Crippen LogP contribution >= 0.6 is 0 Å². The van der Waals surface area contributed by atoms with Crippen molar-refractivity contribution in [3.05, 3.63) is 0 Å². The monoisotopic (exact) mass is 448 g/mol. The maximum absolute atomic E-state index is 12.6. The van der Waals surface area contributed by atoms with E-state index in [1.807, 2.05) is 0 Å². The fraction of sp³-hybridized carbons (Fsp3) is 0.966. The van der Waals surface area contributed by atoms with Crippen molar-refractivity contribution in [2.24, 2.45) is 52.3 Å². The molecular formula is C29H49FO2. The number of hydrogen-bond acceptors (Lipinski definition) is 2. The van der Waals surface area contributed by atoms with E-state index in [1.54, 1.807) is 0 Å². The zero-order valence-electron chi connectivity index (χ0n) is 21.5. The molecule has 0 spiro atoms. The number of esters is 1. The summed E-state index contributed by atoms with van der Waals surface area (Å²) in [5.74, 6) is 5.25. The minimum atomic E-state index is -0.986. The minimum absolute atomic E-state index is 0.0516. The molecule has 0 radical (unpaired) electrons. The summed E-state index contributed by atoms with van der Waals surface area (Å²) < 4.78 is 18.1. The van der Waals surface area contributed by atoms with Gasteiger partial charge in [0, 0.05) is 0 Å². The van der Waals surface area contributed by atoms with Gasteiger partial charge in [-0.25, -0.2) is 9.18 Å². The predicted molar refractivity (Wildman–Crippen MR) is 129 cm³/mol. The Bertz CT molecular complexity index is 662. The lowest BCUT2D eigenvalue weighted by atomic mass is 9.44. The number of rotatable bonds is 7. The lowest BCUT2D eigenvalue weighted by molar-refractivity contribution is -0.163. The first-order chi connectivity index (χ1) is 15.2. The standard InChI is InChI=1S/C29H49FO2/c1-19(2)7-6-8-20(3)24-11-12-25-23-10-9-21-17-22(32-27(31)18-30)13-15-28(21,4)26(23)14-16-29(24,25)5/h19-26H,6-18H2,1-5H3/t20-,21+,22+,23+,24-,25+,26+,28+,29-/m1/s1. The van der Waals surface area contributed by atoms with Gasteiger partial charge in [-0.3, -0.25) is 0 Å². The molecule has 4 fully saturated rings. The maximum Gasteiger partial charge on any atom is 0.337 e. The highest BCUT2D eigenvalue weighted by Crippen LogP contribution is 2.68. The van der Waals surface area contributed by atoms with Crippen LogP contribution in [0.4, 0.5) is 4.39 Å². The Hall–Kier alpha value is -0.600. The minimum Gasteiger partial charge on any atom is -0.460 e. The summed E-state index contributed by atoms with van der Waals surface area (Å²) in [5.41, 5.74) is 0.944. The molecule has 0 N–H and O–H groups in total. The van der Waals surface area contributed by atoms with Crippen molar-refractivity contribution in [2.75, 3.05) is 6.67 Å². The second kappa shape index (κ2) is 9.57. The second-order valence-electron chi connectivity index (χ2n) is 13.2. The molecule has 0 aromatic carbocycles. The highest BCUT2D eigenvalue weighted by atomic mass is 19.1. The van der Waals surface area contributed by atoms with Gasteiger partial charge in [0.25, 0.3) is 0 Å². The third kappa shape index (κ3) is 4.40. The summed E-state index contributed by atoms with van der Waals surface area (Å²) in [6, 6.07) is 0. The zero-order chi connectivity index (χ0) is 23.1. The highest BCUT2D eigenvalue weighted by Gasteiger charge is 2.60. The van der Waals surface area contributed by atoms with Crippen molar-refractivity contribution >= 4 is 5.97 Å². The lowest BCUT2D eigenvalue weighted by Crippen LogP contribution is -2.54. The van der Waals surface area contributed by atoms with Gasteiger partial charge in [0.15, 0.2) is 6.67 Å². The fourth-order valence-corrected chi connectivity index (χ4v) is 9.57. The second-order valence-corrected chi connectivity index (χ2v) is 13.2. The smallest absolute Gasteiger partial charge is 0.337 e. The Labute approximate surface area is 196 Å². The van der Waals surface area contributed by atoms with E-state index in [2.05, 4.69) is 34.6 Å². The van der Waals surface area contributed by atoms with Crippen LogP contribution < -0.4 is 0 Å². The molecule has 4 aliphatic carbocycles. The van der Waals surface area contributed by atoms with Crippen molar-refractivity contribution in [2.45, 2.75) is 118 Å². The maximum atomic E-state index is 12.6. The van der Waals surface area contributed by atoms with Gasteiger partial charge in [0.1, 0.15) is 6.10 Å². The molecule has 9 atom stereocenters. The van der Waals surface area contributed by atoms with Crippen molar-refractivity contribution in [3.63, 3.8) is 0 Å². The Morgan fingerprint density at radius 1 is 0.938 bits per heavy atom. The number of ether oxygens (including phenoxy) is 1. The van der Waals surface area contributed by atoms with Gasteiger partial charge in [-0.15, -0.1) is 0 Å². The molecule has 0 bridgehead atoms. The first-order valence-corrected chi connectivity index (χ1v) is 13.9. The molecule has 4 saturated carbocycles. The van der Waals surface area contributed by atoms with Crippen LogP contribution in [0.15, 0.2) is 0 Å². The molecule has 0 amide bonds. The van der Waals surface area contributed by atoms with Crippen LogP contribution in [0.25, 0.3) is 0 Å². The molecule has 3 heteroatoms. The number of carbonyl (C=O) groups is 1. The van der Waals surface area contributed by atoms with Crippen molar-refractivity contribution in [1.29, 1.82) is 0 Å². The van der Waals surface area contributed by atoms with E-state index >= 15 is 0 Å². The lowest BCUT2D eigenvalue weighted by Gasteiger charge is -2.61. The van der Waals surface area contributed by atoms with Crippen LogP contribution in [0.5, 0.6) is 0 Å². The van der Waals surface area contributed by atoms with Gasteiger partial charge in [0.2, 0.25) is 0 Å². The quantitative estimate of drug-likeness (QED) is 0.369. The van der Waals surface area contributed by atoms with Gasteiger partial charge < -0.3 is 4.74 Å². The molecule has 0 unspecified atom stereocenters. The molecule has 184 valence electrons. The summed E-state index contributed by atoms with van der Waals surface area (Å²) in [7, 11) is 0. The topological polar surface area (TPSA) is 26.3 Å². The third-order valence-electron chi connectivity index (χ3n) is 11.2.